The molecule has 1 rings (SSSR count). The lowest BCUT2D eigenvalue weighted by molar-refractivity contribution is 0.178. The summed E-state index contributed by atoms with van der Waals surface area (Å²) >= 11 is 0. The minimum absolute atomic E-state index is 0.0355. The van der Waals surface area contributed by atoms with Crippen LogP contribution in [0.2, 0.25) is 5.04 Å². The zero-order valence-electron chi connectivity index (χ0n) is 11.2. The van der Waals surface area contributed by atoms with Gasteiger partial charge in [0, 0.05) is 10.2 Å². The van der Waals surface area contributed by atoms with Gasteiger partial charge in [0.25, 0.3) is 0 Å². The average molecular weight is 245 g/mol. The Labute approximate surface area is 108 Å². The van der Waals surface area contributed by atoms with E-state index in [1.54, 1.807) is 0 Å². The van der Waals surface area contributed by atoms with Gasteiger partial charge in [-0.25, -0.2) is 0 Å². The minimum atomic E-state index is -0.0355. The third kappa shape index (κ3) is 4.04. The first-order valence-electron chi connectivity index (χ1n) is 5.96. The molecular weight excluding hydrogens is 224 g/mol. The molecule has 0 bridgehead atoms. The van der Waals surface area contributed by atoms with E-state index in [0.717, 1.165) is 12.2 Å². The molecule has 0 heterocycles. The number of rotatable bonds is 5. The molecule has 3 radical (unpaired) electrons. The first-order valence-corrected chi connectivity index (χ1v) is 6.46. The van der Waals surface area contributed by atoms with E-state index in [0.29, 0.717) is 0 Å². The summed E-state index contributed by atoms with van der Waals surface area (Å²) in [5, 5.41) is -0.0355. The molecule has 2 heteroatoms. The van der Waals surface area contributed by atoms with E-state index in [9.17, 15) is 0 Å². The molecule has 17 heavy (non-hydrogen) atoms. The van der Waals surface area contributed by atoms with Crippen molar-refractivity contribution in [3.8, 4) is 5.75 Å². The Kier molecular flexibility index (Phi) is 4.58. The van der Waals surface area contributed by atoms with E-state index in [4.69, 9.17) is 4.74 Å². The lowest BCUT2D eigenvalue weighted by atomic mass is 10.1. The van der Waals surface area contributed by atoms with Crippen LogP contribution in [0.4, 0.5) is 0 Å². The van der Waals surface area contributed by atoms with Gasteiger partial charge in [0.15, 0.2) is 0 Å². The fraction of sp³-hybridized carbons (Fsp3) is 0.467. The summed E-state index contributed by atoms with van der Waals surface area (Å²) in [5.74, 6) is 0.955. The second-order valence-electron chi connectivity index (χ2n) is 5.07. The molecule has 91 valence electrons. The van der Waals surface area contributed by atoms with Gasteiger partial charge >= 0.3 is 0 Å². The van der Waals surface area contributed by atoms with Crippen LogP contribution in [0, 0.1) is 6.92 Å². The predicted molar refractivity (Wildman–Crippen MR) is 75.0 cm³/mol. The minimum Gasteiger partial charge on any atom is -0.490 e. The van der Waals surface area contributed by atoms with Crippen LogP contribution >= 0.6 is 0 Å². The van der Waals surface area contributed by atoms with Crippen molar-refractivity contribution in [2.75, 3.05) is 0 Å². The van der Waals surface area contributed by atoms with Gasteiger partial charge in [-0.15, -0.1) is 6.58 Å². The second kappa shape index (κ2) is 5.54. The van der Waals surface area contributed by atoms with Crippen molar-refractivity contribution in [1.82, 2.24) is 0 Å². The van der Waals surface area contributed by atoms with Gasteiger partial charge in [-0.3, -0.25) is 0 Å². The Morgan fingerprint density at radius 1 is 1.47 bits per heavy atom. The van der Waals surface area contributed by atoms with Crippen molar-refractivity contribution in [2.45, 2.75) is 45.3 Å². The molecule has 1 atom stereocenters. The van der Waals surface area contributed by atoms with E-state index in [1.807, 2.05) is 12.1 Å². The van der Waals surface area contributed by atoms with Gasteiger partial charge in [-0.2, -0.15) is 0 Å². The molecule has 0 aliphatic rings. The molecule has 1 unspecified atom stereocenters. The summed E-state index contributed by atoms with van der Waals surface area (Å²) in [6.45, 7) is 12.1. The van der Waals surface area contributed by atoms with Gasteiger partial charge in [-0.1, -0.05) is 32.1 Å². The van der Waals surface area contributed by atoms with Crippen LogP contribution in [0.5, 0.6) is 5.75 Å². The van der Waals surface area contributed by atoms with Crippen LogP contribution in [0.1, 0.15) is 31.9 Å². The summed E-state index contributed by atoms with van der Waals surface area (Å²) in [6, 6.07) is 6.30. The van der Waals surface area contributed by atoms with E-state index in [-0.39, 0.29) is 11.1 Å². The van der Waals surface area contributed by atoms with Gasteiger partial charge in [0.05, 0.1) is 6.10 Å². The first-order chi connectivity index (χ1) is 7.84. The Hall–Kier alpha value is -1.02. The van der Waals surface area contributed by atoms with E-state index >= 15 is 0 Å². The van der Waals surface area contributed by atoms with Crippen molar-refractivity contribution in [3.05, 3.63) is 42.0 Å². The van der Waals surface area contributed by atoms with Crippen LogP contribution in [-0.4, -0.2) is 16.3 Å². The zero-order chi connectivity index (χ0) is 13.1. The summed E-state index contributed by atoms with van der Waals surface area (Å²) < 4.78 is 5.97. The second-order valence-corrected chi connectivity index (χ2v) is 6.36. The number of hydrogen-bond acceptors (Lipinski definition) is 1. The fourth-order valence-electron chi connectivity index (χ4n) is 1.48. The lowest BCUT2D eigenvalue weighted by Gasteiger charge is -2.28. The van der Waals surface area contributed by atoms with Gasteiger partial charge < -0.3 is 4.74 Å². The standard InChI is InChI=1S/C15H21OSi/c1-6-7-13-8-9-14(11(2)10-13)16-12(3)15(4,5)17/h6,8-10,12H,1,7H2,2-5H3. The molecule has 1 aromatic rings. The van der Waals surface area contributed by atoms with Crippen LogP contribution in [0.3, 0.4) is 0 Å². The molecule has 0 saturated heterocycles. The number of hydrogen-bond donors (Lipinski definition) is 0. The monoisotopic (exact) mass is 245 g/mol. The molecule has 0 aliphatic carbocycles. The number of ether oxygens (including phenoxy) is 1. The van der Waals surface area contributed by atoms with Crippen LogP contribution in [0.25, 0.3) is 0 Å². The molecule has 0 aromatic heterocycles. The van der Waals surface area contributed by atoms with E-state index < -0.39 is 0 Å². The largest absolute Gasteiger partial charge is 0.490 e. The third-order valence-corrected chi connectivity index (χ3v) is 3.35. The normalized spacial score (nSPS) is 13.2. The van der Waals surface area contributed by atoms with Gasteiger partial charge in [0.2, 0.25) is 0 Å². The molecule has 0 N–H and O–H groups in total. The quantitative estimate of drug-likeness (QED) is 0.565. The third-order valence-electron chi connectivity index (χ3n) is 2.94. The maximum atomic E-state index is 5.97. The summed E-state index contributed by atoms with van der Waals surface area (Å²) in [4.78, 5) is 0. The smallest absolute Gasteiger partial charge is 0.122 e. The molecule has 0 aliphatic heterocycles. The summed E-state index contributed by atoms with van der Waals surface area (Å²) in [5.41, 5.74) is 2.45. The van der Waals surface area contributed by atoms with Crippen LogP contribution < -0.4 is 4.74 Å². The Balaban J connectivity index is 2.82. The highest BCUT2D eigenvalue weighted by Gasteiger charge is 2.22. The molecule has 1 nitrogen and oxygen atoms in total. The van der Waals surface area contributed by atoms with Crippen molar-refractivity contribution >= 4 is 10.2 Å². The average Bonchev–Trinajstić information content (AvgIpc) is 2.21. The molecule has 0 fully saturated rings. The summed E-state index contributed by atoms with van der Waals surface area (Å²) in [6.07, 6.45) is 2.93. The lowest BCUT2D eigenvalue weighted by Crippen LogP contribution is -2.26. The summed E-state index contributed by atoms with van der Waals surface area (Å²) in [7, 11) is 3.68. The van der Waals surface area contributed by atoms with Gasteiger partial charge in [0.1, 0.15) is 5.75 Å². The first kappa shape index (κ1) is 14.0. The molecule has 0 spiro atoms. The highest BCUT2D eigenvalue weighted by atomic mass is 28.1. The van der Waals surface area contributed by atoms with E-state index in [1.165, 1.54) is 11.1 Å². The SMILES string of the molecule is C=CCc1ccc(OC(C)C(C)(C)[Si])c(C)c1. The maximum absolute atomic E-state index is 5.97. The zero-order valence-corrected chi connectivity index (χ0v) is 12.2. The molecular formula is C15H21OSi. The maximum Gasteiger partial charge on any atom is 0.122 e. The molecule has 1 aromatic carbocycles. The molecule has 0 saturated carbocycles. The highest BCUT2D eigenvalue weighted by molar-refractivity contribution is 6.15. The Morgan fingerprint density at radius 2 is 2.12 bits per heavy atom. The topological polar surface area (TPSA) is 9.23 Å². The van der Waals surface area contributed by atoms with Gasteiger partial charge in [-0.05, 0) is 42.5 Å². The number of allylic oxidation sites excluding steroid dienone is 1. The number of aryl methyl sites for hydroxylation is 1. The Bertz CT molecular complexity index is 390. The van der Waals surface area contributed by atoms with Crippen molar-refractivity contribution < 1.29 is 4.74 Å². The predicted octanol–water partition coefficient (Wildman–Crippen LogP) is 3.86. The Morgan fingerprint density at radius 3 is 2.59 bits per heavy atom. The van der Waals surface area contributed by atoms with Crippen molar-refractivity contribution in [3.63, 3.8) is 0 Å². The highest BCUT2D eigenvalue weighted by Crippen LogP contribution is 2.30. The fourth-order valence-corrected chi connectivity index (χ4v) is 1.53. The molecule has 0 amide bonds. The van der Waals surface area contributed by atoms with Crippen LogP contribution in [0.15, 0.2) is 30.9 Å². The van der Waals surface area contributed by atoms with Crippen LogP contribution in [-0.2, 0) is 6.42 Å². The number of benzene rings is 1. The van der Waals surface area contributed by atoms with Crippen molar-refractivity contribution in [2.24, 2.45) is 0 Å². The van der Waals surface area contributed by atoms with Crippen molar-refractivity contribution in [1.29, 1.82) is 0 Å². The van der Waals surface area contributed by atoms with E-state index in [2.05, 4.69) is 56.6 Å².